The van der Waals surface area contributed by atoms with Crippen LogP contribution in [0.25, 0.3) is 11.0 Å². The number of hydrogen-bond donors (Lipinski definition) is 0. The minimum atomic E-state index is -1.04. The van der Waals surface area contributed by atoms with Crippen LogP contribution in [-0.4, -0.2) is 29.2 Å². The summed E-state index contributed by atoms with van der Waals surface area (Å²) in [4.78, 5) is 8.28. The van der Waals surface area contributed by atoms with Crippen molar-refractivity contribution in [3.8, 4) is 0 Å². The molecule has 0 saturated heterocycles. The molecule has 0 spiro atoms. The third kappa shape index (κ3) is 4.14. The molecule has 0 amide bonds. The molecule has 2 rings (SSSR count). The molecule has 0 radical (unpaired) electrons. The van der Waals surface area contributed by atoms with Crippen LogP contribution < -0.4 is 0 Å². The molecule has 19 heavy (non-hydrogen) atoms. The number of hydrogen-bond acceptors (Lipinski definition) is 3. The number of halogens is 2. The molecule has 0 aromatic carbocycles. The molecule has 7 heteroatoms. The first kappa shape index (κ1) is 15.2. The summed E-state index contributed by atoms with van der Waals surface area (Å²) in [6.07, 6.45) is 3.77. The lowest BCUT2D eigenvalue weighted by atomic mass is 10.4. The van der Waals surface area contributed by atoms with Gasteiger partial charge in [0.15, 0.2) is 0 Å². The first-order chi connectivity index (χ1) is 8.87. The van der Waals surface area contributed by atoms with Crippen molar-refractivity contribution < 1.29 is 4.74 Å². The van der Waals surface area contributed by atoms with E-state index in [1.54, 1.807) is 6.20 Å². The van der Waals surface area contributed by atoms with Crippen molar-refractivity contribution in [2.75, 3.05) is 6.61 Å². The highest BCUT2D eigenvalue weighted by Crippen LogP contribution is 2.22. The zero-order chi connectivity index (χ0) is 14.0. The largest absolute Gasteiger partial charge is 0.361 e. The Labute approximate surface area is 132 Å². The molecule has 0 aliphatic rings. The molecule has 0 fully saturated rings. The van der Waals surface area contributed by atoms with Crippen molar-refractivity contribution in [3.63, 3.8) is 0 Å². The second-order valence-electron chi connectivity index (χ2n) is 5.67. The molecular weight excluding hydrogens is 393 g/mol. The van der Waals surface area contributed by atoms with Gasteiger partial charge in [0, 0.05) is 30.6 Å². The molecule has 2 aromatic heterocycles. The average Bonchev–Trinajstić information content (AvgIpc) is 2.60. The van der Waals surface area contributed by atoms with Crippen molar-refractivity contribution in [1.82, 2.24) is 14.5 Å². The van der Waals surface area contributed by atoms with E-state index < -0.39 is 8.07 Å². The van der Waals surface area contributed by atoms with Gasteiger partial charge in [-0.05, 0) is 40.2 Å². The molecule has 0 atom stereocenters. The molecule has 0 bridgehead atoms. The fraction of sp³-hybridized carbons (Fsp3) is 0.500. The summed E-state index contributed by atoms with van der Waals surface area (Å²) in [5.41, 5.74) is 0.831. The van der Waals surface area contributed by atoms with E-state index in [1.807, 2.05) is 10.8 Å². The van der Waals surface area contributed by atoms with Crippen LogP contribution in [0.4, 0.5) is 0 Å². The Bertz CT molecular complexity index is 582. The number of aromatic nitrogens is 3. The number of nitrogens with zero attached hydrogens (tertiary/aromatic N) is 3. The van der Waals surface area contributed by atoms with Crippen LogP contribution in [0.3, 0.4) is 0 Å². The van der Waals surface area contributed by atoms with Gasteiger partial charge in [-0.2, -0.15) is 4.98 Å². The molecule has 0 saturated carbocycles. The smallest absolute Gasteiger partial charge is 0.224 e. The molecule has 104 valence electrons. The van der Waals surface area contributed by atoms with Crippen LogP contribution in [0, 0.1) is 3.57 Å². The van der Waals surface area contributed by atoms with Gasteiger partial charge in [-0.1, -0.05) is 19.6 Å². The molecule has 0 unspecified atom stereocenters. The molecule has 2 aromatic rings. The monoisotopic (exact) mass is 409 g/mol. The van der Waals surface area contributed by atoms with Crippen molar-refractivity contribution in [2.45, 2.75) is 32.4 Å². The van der Waals surface area contributed by atoms with E-state index >= 15 is 0 Å². The Balaban J connectivity index is 2.07. The predicted octanol–water partition coefficient (Wildman–Crippen LogP) is 4.00. The van der Waals surface area contributed by atoms with Crippen molar-refractivity contribution >= 4 is 53.3 Å². The lowest BCUT2D eigenvalue weighted by Crippen LogP contribution is -2.22. The van der Waals surface area contributed by atoms with E-state index in [9.17, 15) is 0 Å². The van der Waals surface area contributed by atoms with Gasteiger partial charge in [-0.15, -0.1) is 0 Å². The van der Waals surface area contributed by atoms with Crippen molar-refractivity contribution in [2.24, 2.45) is 0 Å². The van der Waals surface area contributed by atoms with Crippen molar-refractivity contribution in [3.05, 3.63) is 21.2 Å². The molecule has 0 N–H and O–H groups in total. The lowest BCUT2D eigenvalue weighted by molar-refractivity contribution is 0.0898. The third-order valence-corrected chi connectivity index (χ3v) is 5.51. The lowest BCUT2D eigenvalue weighted by Gasteiger charge is -2.15. The van der Waals surface area contributed by atoms with Gasteiger partial charge in [0.25, 0.3) is 0 Å². The van der Waals surface area contributed by atoms with E-state index in [4.69, 9.17) is 16.3 Å². The summed E-state index contributed by atoms with van der Waals surface area (Å²) < 4.78 is 8.84. The number of fused-ring (bicyclic) bond motifs is 1. The zero-order valence-electron chi connectivity index (χ0n) is 11.3. The molecule has 4 nitrogen and oxygen atoms in total. The van der Waals surface area contributed by atoms with E-state index in [-0.39, 0.29) is 5.28 Å². The summed E-state index contributed by atoms with van der Waals surface area (Å²) in [7, 11) is -1.04. The zero-order valence-corrected chi connectivity index (χ0v) is 15.2. The fourth-order valence-corrected chi connectivity index (χ4v) is 3.25. The first-order valence-electron chi connectivity index (χ1n) is 6.11. The maximum absolute atomic E-state index is 5.85. The minimum Gasteiger partial charge on any atom is -0.361 e. The normalized spacial score (nSPS) is 12.3. The summed E-state index contributed by atoms with van der Waals surface area (Å²) in [6, 6.07) is 1.17. The highest BCUT2D eigenvalue weighted by Gasteiger charge is 2.13. The average molecular weight is 410 g/mol. The molecule has 0 aliphatic heterocycles. The summed E-state index contributed by atoms with van der Waals surface area (Å²) in [5, 5.41) is 1.28. The second-order valence-corrected chi connectivity index (χ2v) is 12.8. The van der Waals surface area contributed by atoms with Gasteiger partial charge in [0.05, 0.1) is 5.39 Å². The van der Waals surface area contributed by atoms with E-state index in [0.29, 0.717) is 6.73 Å². The Morgan fingerprint density at radius 1 is 1.42 bits per heavy atom. The van der Waals surface area contributed by atoms with Gasteiger partial charge < -0.3 is 9.30 Å². The van der Waals surface area contributed by atoms with Crippen LogP contribution in [0.2, 0.25) is 31.0 Å². The number of rotatable bonds is 5. The maximum Gasteiger partial charge on any atom is 0.224 e. The predicted molar refractivity (Wildman–Crippen MR) is 89.4 cm³/mol. The summed E-state index contributed by atoms with van der Waals surface area (Å²) in [5.74, 6) is 0. The van der Waals surface area contributed by atoms with Crippen LogP contribution in [0.15, 0.2) is 12.4 Å². The van der Waals surface area contributed by atoms with Gasteiger partial charge >= 0.3 is 0 Å². The van der Waals surface area contributed by atoms with Gasteiger partial charge in [0.2, 0.25) is 5.28 Å². The first-order valence-corrected chi connectivity index (χ1v) is 11.3. The minimum absolute atomic E-state index is 0.269. The quantitative estimate of drug-likeness (QED) is 0.324. The Morgan fingerprint density at radius 3 is 2.84 bits per heavy atom. The van der Waals surface area contributed by atoms with E-state index in [1.165, 1.54) is 6.04 Å². The molecule has 2 heterocycles. The second kappa shape index (κ2) is 6.07. The summed E-state index contributed by atoms with van der Waals surface area (Å²) >= 11 is 8.12. The van der Waals surface area contributed by atoms with E-state index in [2.05, 4.69) is 52.2 Å². The Kier molecular flexibility index (Phi) is 4.86. The SMILES string of the molecule is C[Si](C)(C)CCOCn1cc(I)c2cnc(Cl)nc21. The van der Waals surface area contributed by atoms with Crippen LogP contribution in [0.5, 0.6) is 0 Å². The maximum atomic E-state index is 5.85. The standard InChI is InChI=1S/C12H17ClIN3OSi/c1-19(2,3)5-4-18-8-17-7-10(14)9-6-15-12(13)16-11(9)17/h6-7H,4-5,8H2,1-3H3. The molecule has 0 aliphatic carbocycles. The Hall–Kier alpha value is -0.183. The third-order valence-electron chi connectivity index (χ3n) is 2.76. The van der Waals surface area contributed by atoms with Crippen LogP contribution >= 0.6 is 34.2 Å². The number of ether oxygens (including phenoxy) is 1. The topological polar surface area (TPSA) is 39.9 Å². The highest BCUT2D eigenvalue weighted by molar-refractivity contribution is 14.1. The molecular formula is C12H17ClIN3OSi. The fourth-order valence-electron chi connectivity index (χ4n) is 1.65. The Morgan fingerprint density at radius 2 is 2.16 bits per heavy atom. The van der Waals surface area contributed by atoms with Crippen molar-refractivity contribution in [1.29, 1.82) is 0 Å². The van der Waals surface area contributed by atoms with E-state index in [0.717, 1.165) is 21.2 Å². The van der Waals surface area contributed by atoms with Crippen LogP contribution in [-0.2, 0) is 11.5 Å². The van der Waals surface area contributed by atoms with Crippen LogP contribution in [0.1, 0.15) is 0 Å². The van der Waals surface area contributed by atoms with Gasteiger partial charge in [-0.3, -0.25) is 0 Å². The summed E-state index contributed by atoms with van der Waals surface area (Å²) in [6.45, 7) is 8.34. The highest BCUT2D eigenvalue weighted by atomic mass is 127. The van der Waals surface area contributed by atoms with Gasteiger partial charge in [0.1, 0.15) is 12.4 Å². The van der Waals surface area contributed by atoms with Gasteiger partial charge in [-0.25, -0.2) is 4.98 Å².